The zero-order chi connectivity index (χ0) is 20.1. The first-order valence-corrected chi connectivity index (χ1v) is 9.39. The number of fused-ring (bicyclic) bond motifs is 2. The molecule has 28 heavy (non-hydrogen) atoms. The van der Waals surface area contributed by atoms with Gasteiger partial charge < -0.3 is 9.29 Å². The number of hydrogen-bond acceptors (Lipinski definition) is 5. The van der Waals surface area contributed by atoms with Gasteiger partial charge in [0.05, 0.1) is 16.3 Å². The summed E-state index contributed by atoms with van der Waals surface area (Å²) in [5, 5.41) is 1.71. The highest BCUT2D eigenvalue weighted by Gasteiger charge is 2.20. The minimum absolute atomic E-state index is 0.349. The molecular weight excluding hydrogens is 385 g/mol. The van der Waals surface area contributed by atoms with Gasteiger partial charge in [-0.15, -0.1) is 3.89 Å². The molecule has 0 aliphatic heterocycles. The van der Waals surface area contributed by atoms with Crippen molar-refractivity contribution in [3.8, 4) is 5.75 Å². The molecule has 4 rings (SSSR count). The minimum Gasteiger partial charge on any atom is -0.722 e. The predicted molar refractivity (Wildman–Crippen MR) is 100 cm³/mol. The van der Waals surface area contributed by atoms with Gasteiger partial charge in [0.2, 0.25) is 11.0 Å². The van der Waals surface area contributed by atoms with E-state index in [0.29, 0.717) is 11.3 Å². The molecule has 1 N–H and O–H groups in total. The van der Waals surface area contributed by atoms with Crippen LogP contribution >= 0.6 is 0 Å². The number of H-pyrrole nitrogens is 1. The van der Waals surface area contributed by atoms with Gasteiger partial charge in [0.15, 0.2) is 0 Å². The molecular formula is C20H14FNO5S. The fourth-order valence-corrected chi connectivity index (χ4v) is 2.78. The Morgan fingerprint density at radius 2 is 1.25 bits per heavy atom. The van der Waals surface area contributed by atoms with Crippen molar-refractivity contribution >= 4 is 38.3 Å². The molecule has 0 amide bonds. The number of aromatic amines is 1. The molecule has 0 spiro atoms. The standard InChI is InChI=1S/C20H13NO2.FHO3S/c22-20(23-14-8-2-1-3-9-14)19-15-10-4-6-12-17(15)21-18-13-7-5-11-16(18)19;1-5(2,3)4/h1-13H;(H,2,3,4). The van der Waals surface area contributed by atoms with E-state index in [1.54, 1.807) is 12.1 Å². The summed E-state index contributed by atoms with van der Waals surface area (Å²) >= 11 is 0. The molecule has 0 unspecified atom stereocenters. The van der Waals surface area contributed by atoms with Crippen molar-refractivity contribution in [3.63, 3.8) is 0 Å². The Labute approximate surface area is 160 Å². The summed E-state index contributed by atoms with van der Waals surface area (Å²) in [6.07, 6.45) is 0. The molecule has 142 valence electrons. The Balaban J connectivity index is 0.000000403. The van der Waals surface area contributed by atoms with Crippen molar-refractivity contribution in [2.75, 3.05) is 0 Å². The van der Waals surface area contributed by atoms with Crippen molar-refractivity contribution in [1.82, 2.24) is 0 Å². The number of halogens is 1. The molecule has 0 saturated heterocycles. The summed E-state index contributed by atoms with van der Waals surface area (Å²) in [6.45, 7) is 0. The van der Waals surface area contributed by atoms with Gasteiger partial charge in [-0.1, -0.05) is 42.5 Å². The molecule has 1 heterocycles. The van der Waals surface area contributed by atoms with E-state index in [4.69, 9.17) is 17.7 Å². The van der Waals surface area contributed by atoms with Crippen LogP contribution in [0, 0.1) is 0 Å². The van der Waals surface area contributed by atoms with Crippen molar-refractivity contribution in [1.29, 1.82) is 0 Å². The Hall–Kier alpha value is -3.36. The number of carbonyl (C=O) groups is 1. The highest BCUT2D eigenvalue weighted by Crippen LogP contribution is 2.25. The van der Waals surface area contributed by atoms with Gasteiger partial charge in [0.1, 0.15) is 5.75 Å². The molecule has 0 saturated carbocycles. The van der Waals surface area contributed by atoms with Crippen LogP contribution in [0.5, 0.6) is 5.75 Å². The Kier molecular flexibility index (Phi) is 5.62. The van der Waals surface area contributed by atoms with Gasteiger partial charge in [0.25, 0.3) is 10.5 Å². The quantitative estimate of drug-likeness (QED) is 0.169. The number of esters is 1. The van der Waals surface area contributed by atoms with Crippen molar-refractivity contribution in [2.45, 2.75) is 0 Å². The van der Waals surface area contributed by atoms with Crippen LogP contribution in [0.2, 0.25) is 0 Å². The molecule has 4 aromatic rings. The van der Waals surface area contributed by atoms with E-state index >= 15 is 0 Å². The van der Waals surface area contributed by atoms with Crippen LogP contribution in [-0.4, -0.2) is 18.9 Å². The molecule has 1 aromatic heterocycles. The van der Waals surface area contributed by atoms with E-state index in [2.05, 4.69) is 4.98 Å². The summed E-state index contributed by atoms with van der Waals surface area (Å²) in [5.74, 6) is 0.191. The normalized spacial score (nSPS) is 10.9. The first-order chi connectivity index (χ1) is 13.3. The summed E-state index contributed by atoms with van der Waals surface area (Å²) in [4.78, 5) is 16.2. The van der Waals surface area contributed by atoms with Gasteiger partial charge in [-0.25, -0.2) is 18.2 Å². The van der Waals surface area contributed by atoms with E-state index < -0.39 is 10.5 Å². The summed E-state index contributed by atoms with van der Waals surface area (Å²) in [6, 6.07) is 24.6. The van der Waals surface area contributed by atoms with Crippen LogP contribution in [0.3, 0.4) is 0 Å². The molecule has 0 atom stereocenters. The fourth-order valence-electron chi connectivity index (χ4n) is 2.78. The van der Waals surface area contributed by atoms with Gasteiger partial charge in [-0.2, -0.15) is 0 Å². The van der Waals surface area contributed by atoms with Crippen LogP contribution in [-0.2, 0) is 10.5 Å². The Morgan fingerprint density at radius 1 is 0.821 bits per heavy atom. The maximum Gasteiger partial charge on any atom is 0.345 e. The van der Waals surface area contributed by atoms with Gasteiger partial charge in [0, 0.05) is 12.1 Å². The van der Waals surface area contributed by atoms with Crippen molar-refractivity contribution < 1.29 is 31.4 Å². The third kappa shape index (κ3) is 4.87. The lowest BCUT2D eigenvalue weighted by Gasteiger charge is -2.07. The molecule has 6 nitrogen and oxygen atoms in total. The average Bonchev–Trinajstić information content (AvgIpc) is 2.65. The van der Waals surface area contributed by atoms with Crippen molar-refractivity contribution in [3.05, 3.63) is 84.4 Å². The first kappa shape index (κ1) is 19.4. The third-order valence-corrected chi connectivity index (χ3v) is 3.82. The first-order valence-electron chi connectivity index (χ1n) is 8.08. The second-order valence-electron chi connectivity index (χ2n) is 5.69. The number of ether oxygens (including phenoxy) is 1. The number of rotatable bonds is 2. The molecule has 0 aliphatic rings. The largest absolute Gasteiger partial charge is 0.722 e. The lowest BCUT2D eigenvalue weighted by atomic mass is 10.0. The number of nitrogens with one attached hydrogen (secondary N) is 1. The lowest BCUT2D eigenvalue weighted by Crippen LogP contribution is -2.15. The average molecular weight is 399 g/mol. The van der Waals surface area contributed by atoms with Crippen LogP contribution in [0.1, 0.15) is 10.4 Å². The van der Waals surface area contributed by atoms with Crippen LogP contribution in [0.25, 0.3) is 21.8 Å². The van der Waals surface area contributed by atoms with E-state index in [-0.39, 0.29) is 5.97 Å². The zero-order valence-electron chi connectivity index (χ0n) is 14.3. The minimum atomic E-state index is -5.42. The third-order valence-electron chi connectivity index (χ3n) is 3.82. The molecule has 0 fully saturated rings. The van der Waals surface area contributed by atoms with E-state index in [1.165, 1.54) is 0 Å². The second kappa shape index (κ2) is 8.12. The number of carbonyl (C=O) groups excluding carboxylic acids is 1. The highest BCUT2D eigenvalue weighted by molar-refractivity contribution is 7.80. The van der Waals surface area contributed by atoms with E-state index in [1.807, 2.05) is 66.7 Å². The van der Waals surface area contributed by atoms with Crippen LogP contribution in [0.4, 0.5) is 3.89 Å². The monoisotopic (exact) mass is 399 g/mol. The molecule has 8 heteroatoms. The fraction of sp³-hybridized carbons (Fsp3) is 0. The second-order valence-corrected chi connectivity index (χ2v) is 6.47. The molecule has 3 aromatic carbocycles. The van der Waals surface area contributed by atoms with Gasteiger partial charge in [-0.3, -0.25) is 0 Å². The van der Waals surface area contributed by atoms with E-state index in [0.717, 1.165) is 21.8 Å². The Bertz CT molecular complexity index is 1180. The zero-order valence-corrected chi connectivity index (χ0v) is 15.1. The highest BCUT2D eigenvalue weighted by atomic mass is 32.3. The smallest absolute Gasteiger partial charge is 0.345 e. The topological polar surface area (TPSA) is 97.6 Å². The lowest BCUT2D eigenvalue weighted by molar-refractivity contribution is -0.310. The maximum absolute atomic E-state index is 12.8. The number of pyridine rings is 1. The number of aromatic nitrogens is 1. The number of para-hydroxylation sites is 3. The van der Waals surface area contributed by atoms with Gasteiger partial charge in [-0.05, 0) is 24.3 Å². The molecule has 0 bridgehead atoms. The van der Waals surface area contributed by atoms with Crippen molar-refractivity contribution in [2.24, 2.45) is 0 Å². The number of benzene rings is 3. The predicted octanol–water partition coefficient (Wildman–Crippen LogP) is 3.44. The van der Waals surface area contributed by atoms with E-state index in [9.17, 15) is 8.68 Å². The Morgan fingerprint density at radius 3 is 1.75 bits per heavy atom. The number of hydrogen-bond donors (Lipinski definition) is 0. The van der Waals surface area contributed by atoms with Gasteiger partial charge >= 0.3 is 5.97 Å². The summed E-state index contributed by atoms with van der Waals surface area (Å²) in [7, 11) is -5.42. The molecule has 0 aliphatic carbocycles. The van der Waals surface area contributed by atoms with Crippen LogP contribution < -0.4 is 9.72 Å². The SMILES string of the molecule is O=C(Oc1ccccc1)c1c2ccccc2[nH+]c2ccccc12.O=S(=O)([O-])F. The summed E-state index contributed by atoms with van der Waals surface area (Å²) < 4.78 is 40.9. The van der Waals surface area contributed by atoms with Crippen LogP contribution in [0.15, 0.2) is 78.9 Å². The maximum atomic E-state index is 12.8. The summed E-state index contributed by atoms with van der Waals surface area (Å²) in [5.41, 5.74) is 2.40. The molecule has 0 radical (unpaired) electrons.